The van der Waals surface area contributed by atoms with Crippen molar-refractivity contribution < 1.29 is 9.53 Å². The number of carbonyl (C=O) groups is 1. The molecule has 0 bridgehead atoms. The number of aromatic nitrogens is 3. The Morgan fingerprint density at radius 1 is 1.17 bits per heavy atom. The quantitative estimate of drug-likeness (QED) is 0.550. The van der Waals surface area contributed by atoms with Crippen molar-refractivity contribution in [2.45, 2.75) is 6.04 Å². The van der Waals surface area contributed by atoms with E-state index >= 15 is 0 Å². The molecule has 0 aliphatic carbocycles. The Balaban J connectivity index is 1.78. The number of hydrogen-bond acceptors (Lipinski definition) is 4. The number of methoxy groups -OCH3 is 1. The first-order chi connectivity index (χ1) is 14.1. The largest absolute Gasteiger partial charge is 0.497 e. The van der Waals surface area contributed by atoms with Gasteiger partial charge in [-0.25, -0.2) is 4.98 Å². The zero-order valence-electron chi connectivity index (χ0n) is 16.0. The van der Waals surface area contributed by atoms with Crippen molar-refractivity contribution in [1.29, 1.82) is 0 Å². The molecule has 2 aromatic heterocycles. The van der Waals surface area contributed by atoms with E-state index in [-0.39, 0.29) is 11.5 Å². The minimum Gasteiger partial charge on any atom is -0.497 e. The Labute approximate surface area is 167 Å². The van der Waals surface area contributed by atoms with Gasteiger partial charge in [-0.1, -0.05) is 30.3 Å². The summed E-state index contributed by atoms with van der Waals surface area (Å²) in [6.07, 6.45) is 3.49. The van der Waals surface area contributed by atoms with Crippen LogP contribution in [0.1, 0.15) is 27.8 Å². The van der Waals surface area contributed by atoms with Gasteiger partial charge in [-0.05, 0) is 23.8 Å². The van der Waals surface area contributed by atoms with Crippen LogP contribution < -0.4 is 15.6 Å². The molecule has 7 heteroatoms. The summed E-state index contributed by atoms with van der Waals surface area (Å²) in [4.78, 5) is 32.5. The molecule has 2 heterocycles. The van der Waals surface area contributed by atoms with E-state index in [4.69, 9.17) is 4.74 Å². The van der Waals surface area contributed by atoms with Crippen molar-refractivity contribution in [1.82, 2.24) is 19.9 Å². The van der Waals surface area contributed by atoms with Crippen LogP contribution in [-0.4, -0.2) is 27.6 Å². The Bertz CT molecular complexity index is 1240. The summed E-state index contributed by atoms with van der Waals surface area (Å²) in [7, 11) is 3.46. The van der Waals surface area contributed by atoms with E-state index in [1.165, 1.54) is 6.07 Å². The lowest BCUT2D eigenvalue weighted by Crippen LogP contribution is -2.32. The highest BCUT2D eigenvalue weighted by molar-refractivity contribution is 6.06. The van der Waals surface area contributed by atoms with E-state index in [0.29, 0.717) is 28.0 Å². The zero-order chi connectivity index (χ0) is 20.4. The number of fused-ring (bicyclic) bond motifs is 1. The maximum atomic E-state index is 13.2. The topological polar surface area (TPSA) is 89.0 Å². The Morgan fingerprint density at radius 2 is 2.00 bits per heavy atom. The maximum Gasteiger partial charge on any atom is 0.253 e. The molecule has 0 aliphatic heterocycles. The van der Waals surface area contributed by atoms with Gasteiger partial charge in [0.05, 0.1) is 12.7 Å². The number of nitrogens with zero attached hydrogens (tertiary/aromatic N) is 2. The lowest BCUT2D eigenvalue weighted by atomic mass is 10.0. The van der Waals surface area contributed by atoms with Gasteiger partial charge in [-0.3, -0.25) is 9.59 Å². The summed E-state index contributed by atoms with van der Waals surface area (Å²) >= 11 is 0. The second-order valence-corrected chi connectivity index (χ2v) is 6.67. The van der Waals surface area contributed by atoms with Crippen molar-refractivity contribution >= 4 is 16.8 Å². The Morgan fingerprint density at radius 3 is 2.76 bits per heavy atom. The fourth-order valence-electron chi connectivity index (χ4n) is 3.37. The average Bonchev–Trinajstić information content (AvgIpc) is 3.16. The summed E-state index contributed by atoms with van der Waals surface area (Å²) in [5.41, 5.74) is 1.41. The third-order valence-corrected chi connectivity index (χ3v) is 4.81. The lowest BCUT2D eigenvalue weighted by Gasteiger charge is -2.20. The number of nitrogens with one attached hydrogen (secondary N) is 2. The molecule has 4 rings (SSSR count). The molecule has 1 amide bonds. The van der Waals surface area contributed by atoms with Crippen LogP contribution >= 0.6 is 0 Å². The Hall–Kier alpha value is -3.87. The summed E-state index contributed by atoms with van der Waals surface area (Å²) in [5, 5.41) is 3.71. The van der Waals surface area contributed by atoms with Crippen molar-refractivity contribution in [3.05, 3.63) is 94.3 Å². The van der Waals surface area contributed by atoms with E-state index < -0.39 is 6.04 Å². The number of ether oxygens (including phenoxy) is 1. The molecule has 2 aromatic carbocycles. The van der Waals surface area contributed by atoms with Gasteiger partial charge in [0.25, 0.3) is 5.91 Å². The van der Waals surface area contributed by atoms with Crippen LogP contribution in [0.25, 0.3) is 10.9 Å². The number of carbonyl (C=O) groups excluding carboxylic acids is 1. The van der Waals surface area contributed by atoms with Gasteiger partial charge in [-0.2, -0.15) is 0 Å². The minimum atomic E-state index is -0.518. The molecule has 2 N–H and O–H groups in total. The minimum absolute atomic E-state index is 0.312. The highest BCUT2D eigenvalue weighted by atomic mass is 16.5. The van der Waals surface area contributed by atoms with E-state index in [2.05, 4.69) is 15.3 Å². The standard InChI is InChI=1S/C22H20N4O3/c1-26-11-10-23-21(26)20(14-6-5-7-15(12-14)29-2)25-22(28)17-13-19(27)24-18-9-4-3-8-16(17)18/h3-13,20H,1-2H3,(H,24,27)(H,25,28). The first-order valence-corrected chi connectivity index (χ1v) is 9.11. The number of aryl methyl sites for hydroxylation is 1. The van der Waals surface area contributed by atoms with Crippen LogP contribution in [-0.2, 0) is 7.05 Å². The van der Waals surface area contributed by atoms with Gasteiger partial charge in [-0.15, -0.1) is 0 Å². The molecule has 0 saturated carbocycles. The molecule has 0 fully saturated rings. The van der Waals surface area contributed by atoms with Crippen LogP contribution in [0, 0.1) is 0 Å². The van der Waals surface area contributed by atoms with Gasteiger partial charge >= 0.3 is 0 Å². The smallest absolute Gasteiger partial charge is 0.253 e. The number of benzene rings is 2. The number of hydrogen-bond donors (Lipinski definition) is 2. The SMILES string of the molecule is COc1cccc(C(NC(=O)c2cc(=O)[nH]c3ccccc23)c2nccn2C)c1. The lowest BCUT2D eigenvalue weighted by molar-refractivity contribution is 0.0942. The molecular formula is C22H20N4O3. The highest BCUT2D eigenvalue weighted by Gasteiger charge is 2.23. The molecule has 1 unspecified atom stereocenters. The normalized spacial score (nSPS) is 11.9. The predicted octanol–water partition coefficient (Wildman–Crippen LogP) is 2.79. The van der Waals surface area contributed by atoms with Crippen molar-refractivity contribution in [3.8, 4) is 5.75 Å². The van der Waals surface area contributed by atoms with Gasteiger partial charge in [0.15, 0.2) is 0 Å². The van der Waals surface area contributed by atoms with E-state index in [1.54, 1.807) is 19.4 Å². The molecular weight excluding hydrogens is 368 g/mol. The molecule has 7 nitrogen and oxygen atoms in total. The molecule has 146 valence electrons. The van der Waals surface area contributed by atoms with Gasteiger partial charge in [0, 0.05) is 36.4 Å². The molecule has 0 saturated heterocycles. The Kier molecular flexibility index (Phi) is 4.87. The van der Waals surface area contributed by atoms with Crippen LogP contribution in [0.3, 0.4) is 0 Å². The van der Waals surface area contributed by atoms with Gasteiger partial charge in [0.2, 0.25) is 5.56 Å². The molecule has 4 aromatic rings. The molecule has 0 aliphatic rings. The zero-order valence-corrected chi connectivity index (χ0v) is 16.0. The first kappa shape index (κ1) is 18.5. The monoisotopic (exact) mass is 388 g/mol. The summed E-state index contributed by atoms with van der Waals surface area (Å²) in [6.45, 7) is 0. The number of imidazole rings is 1. The first-order valence-electron chi connectivity index (χ1n) is 9.11. The van der Waals surface area contributed by atoms with Crippen molar-refractivity contribution in [2.24, 2.45) is 7.05 Å². The second-order valence-electron chi connectivity index (χ2n) is 6.67. The molecule has 0 spiro atoms. The summed E-state index contributed by atoms with van der Waals surface area (Å²) in [6, 6.07) is 15.5. The van der Waals surface area contributed by atoms with Crippen LogP contribution in [0.2, 0.25) is 0 Å². The predicted molar refractivity (Wildman–Crippen MR) is 110 cm³/mol. The van der Waals surface area contributed by atoms with Crippen LogP contribution in [0.5, 0.6) is 5.75 Å². The third kappa shape index (κ3) is 3.62. The maximum absolute atomic E-state index is 13.2. The summed E-state index contributed by atoms with van der Waals surface area (Å²) < 4.78 is 7.18. The van der Waals surface area contributed by atoms with Gasteiger partial charge in [0.1, 0.15) is 17.6 Å². The number of rotatable bonds is 5. The fourth-order valence-corrected chi connectivity index (χ4v) is 3.37. The van der Waals surface area contributed by atoms with Crippen molar-refractivity contribution in [2.75, 3.05) is 7.11 Å². The second kappa shape index (κ2) is 7.63. The summed E-state index contributed by atoms with van der Waals surface area (Å²) in [5.74, 6) is 0.987. The van der Waals surface area contributed by atoms with Crippen LogP contribution in [0.4, 0.5) is 0 Å². The highest BCUT2D eigenvalue weighted by Crippen LogP contribution is 2.25. The van der Waals surface area contributed by atoms with Crippen molar-refractivity contribution in [3.63, 3.8) is 0 Å². The van der Waals surface area contributed by atoms with Gasteiger partial charge < -0.3 is 19.6 Å². The van der Waals surface area contributed by atoms with Crippen LogP contribution in [0.15, 0.2) is 71.8 Å². The number of aromatic amines is 1. The fraction of sp³-hybridized carbons (Fsp3) is 0.136. The number of amides is 1. The molecule has 29 heavy (non-hydrogen) atoms. The van der Waals surface area contributed by atoms with E-state index in [9.17, 15) is 9.59 Å². The average molecular weight is 388 g/mol. The number of para-hydroxylation sites is 1. The number of pyridine rings is 1. The molecule has 0 radical (unpaired) electrons. The molecule has 1 atom stereocenters. The van der Waals surface area contributed by atoms with E-state index in [0.717, 1.165) is 5.56 Å². The third-order valence-electron chi connectivity index (χ3n) is 4.81. The van der Waals surface area contributed by atoms with E-state index in [1.807, 2.05) is 60.3 Å². The number of H-pyrrole nitrogens is 1.